The van der Waals surface area contributed by atoms with Crippen LogP contribution < -0.4 is 10.9 Å². The summed E-state index contributed by atoms with van der Waals surface area (Å²) in [5.74, 6) is -1.04. The molecule has 1 aromatic heterocycles. The number of nitro groups is 1. The van der Waals surface area contributed by atoms with Gasteiger partial charge in [-0.2, -0.15) is 0 Å². The van der Waals surface area contributed by atoms with Gasteiger partial charge < -0.3 is 19.9 Å². The Morgan fingerprint density at radius 2 is 1.97 bits per heavy atom. The van der Waals surface area contributed by atoms with Crippen molar-refractivity contribution >= 4 is 22.7 Å². The number of nitrogens with one attached hydrogen (secondary N) is 1. The third-order valence-corrected chi connectivity index (χ3v) is 6.39. The molecule has 1 aliphatic rings. The molecule has 0 aliphatic carbocycles. The van der Waals surface area contributed by atoms with Gasteiger partial charge in [0, 0.05) is 37.3 Å². The molecular weight excluding hydrogens is 438 g/mol. The van der Waals surface area contributed by atoms with E-state index in [0.717, 1.165) is 31.5 Å². The van der Waals surface area contributed by atoms with E-state index in [2.05, 4.69) is 15.2 Å². The summed E-state index contributed by atoms with van der Waals surface area (Å²) in [6, 6.07) is 10.2. The smallest absolute Gasteiger partial charge is 0.335 e. The molecule has 3 aromatic rings. The second-order valence-electron chi connectivity index (χ2n) is 8.63. The Labute approximate surface area is 196 Å². The molecule has 0 bridgehead atoms. The van der Waals surface area contributed by atoms with Crippen molar-refractivity contribution in [3.63, 3.8) is 0 Å². The largest absolute Gasteiger partial charge is 0.478 e. The molecule has 0 amide bonds. The van der Waals surface area contributed by atoms with Crippen LogP contribution in [0.15, 0.2) is 47.4 Å². The lowest BCUT2D eigenvalue weighted by Crippen LogP contribution is -2.43. The van der Waals surface area contributed by atoms with Crippen molar-refractivity contribution in [2.24, 2.45) is 0 Å². The van der Waals surface area contributed by atoms with Crippen molar-refractivity contribution in [3.8, 4) is 0 Å². The molecule has 0 spiro atoms. The number of carboxylic acids is 1. The average Bonchev–Trinajstić information content (AvgIpc) is 2.83. The highest BCUT2D eigenvalue weighted by atomic mass is 16.6. The van der Waals surface area contributed by atoms with E-state index in [-0.39, 0.29) is 21.7 Å². The van der Waals surface area contributed by atoms with Gasteiger partial charge in [-0.25, -0.2) is 9.78 Å². The van der Waals surface area contributed by atoms with Crippen LogP contribution in [0.25, 0.3) is 11.0 Å². The molecule has 0 saturated carbocycles. The zero-order chi connectivity index (χ0) is 24.2. The Balaban J connectivity index is 1.32. The first kappa shape index (κ1) is 23.5. The van der Waals surface area contributed by atoms with Crippen LogP contribution in [0.3, 0.4) is 0 Å². The predicted octanol–water partition coefficient (Wildman–Crippen LogP) is 2.57. The zero-order valence-electron chi connectivity index (χ0n) is 18.9. The number of nitro benzene ring substituents is 1. The van der Waals surface area contributed by atoms with Crippen LogP contribution in [0.2, 0.25) is 0 Å². The summed E-state index contributed by atoms with van der Waals surface area (Å²) in [6.45, 7) is 5.17. The Morgan fingerprint density at radius 3 is 2.68 bits per heavy atom. The Kier molecular flexibility index (Phi) is 6.99. The predicted molar refractivity (Wildman–Crippen MR) is 127 cm³/mol. The molecule has 2 heterocycles. The van der Waals surface area contributed by atoms with E-state index >= 15 is 0 Å². The molecule has 1 fully saturated rings. The van der Waals surface area contributed by atoms with E-state index in [1.807, 2.05) is 6.07 Å². The summed E-state index contributed by atoms with van der Waals surface area (Å²) < 4.78 is 1.59. The van der Waals surface area contributed by atoms with Crippen molar-refractivity contribution in [1.29, 1.82) is 0 Å². The molecule has 1 aliphatic heterocycles. The zero-order valence-corrected chi connectivity index (χ0v) is 18.9. The van der Waals surface area contributed by atoms with E-state index in [4.69, 9.17) is 0 Å². The van der Waals surface area contributed by atoms with Crippen LogP contribution >= 0.6 is 0 Å². The monoisotopic (exact) mass is 465 g/mol. The summed E-state index contributed by atoms with van der Waals surface area (Å²) in [4.78, 5) is 41.0. The lowest BCUT2D eigenvalue weighted by atomic mass is 10.0. The lowest BCUT2D eigenvalue weighted by Gasteiger charge is -2.32. The fourth-order valence-electron chi connectivity index (χ4n) is 4.35. The van der Waals surface area contributed by atoms with Crippen LogP contribution in [0, 0.1) is 17.0 Å². The first-order valence-electron chi connectivity index (χ1n) is 11.2. The molecule has 178 valence electrons. The summed E-state index contributed by atoms with van der Waals surface area (Å²) in [7, 11) is 0. The first-order chi connectivity index (χ1) is 16.3. The summed E-state index contributed by atoms with van der Waals surface area (Å²) in [6.07, 6.45) is 3.14. The second-order valence-corrected chi connectivity index (χ2v) is 8.63. The molecule has 1 saturated heterocycles. The normalized spacial score (nSPS) is 15.0. The number of likely N-dealkylation sites (tertiary alicyclic amines) is 1. The number of nitrogens with zero attached hydrogens (tertiary/aromatic N) is 4. The van der Waals surface area contributed by atoms with E-state index in [1.54, 1.807) is 29.7 Å². The van der Waals surface area contributed by atoms with Crippen LogP contribution in [-0.2, 0) is 13.1 Å². The Morgan fingerprint density at radius 1 is 1.21 bits per heavy atom. The molecule has 4 rings (SSSR count). The van der Waals surface area contributed by atoms with Gasteiger partial charge in [-0.15, -0.1) is 0 Å². The van der Waals surface area contributed by atoms with Gasteiger partial charge in [-0.05, 0) is 56.6 Å². The number of hydrogen-bond acceptors (Lipinski definition) is 7. The Bertz CT molecular complexity index is 1280. The third kappa shape index (κ3) is 5.29. The molecule has 34 heavy (non-hydrogen) atoms. The van der Waals surface area contributed by atoms with Gasteiger partial charge in [0.25, 0.3) is 11.2 Å². The van der Waals surface area contributed by atoms with Gasteiger partial charge >= 0.3 is 5.97 Å². The number of fused-ring (bicyclic) bond motifs is 1. The summed E-state index contributed by atoms with van der Waals surface area (Å²) >= 11 is 0. The molecule has 0 atom stereocenters. The standard InChI is InChI=1S/C24H27N5O5/c1-16-2-3-17(12-21(16)29(33)34)14-25-19-6-8-27(9-7-19)10-11-28-22-13-18(24(31)32)4-5-20(22)26-15-23(28)30/h2-5,12-13,15,19,25H,6-11,14H2,1H3,(H,31,32). The van der Waals surface area contributed by atoms with Crippen LogP contribution in [0.4, 0.5) is 5.69 Å². The number of aromatic nitrogens is 2. The third-order valence-electron chi connectivity index (χ3n) is 6.39. The molecular formula is C24H27N5O5. The summed E-state index contributed by atoms with van der Waals surface area (Å²) in [5, 5.41) is 23.9. The molecule has 0 radical (unpaired) electrons. The van der Waals surface area contributed by atoms with Gasteiger partial charge in [0.05, 0.1) is 27.7 Å². The van der Waals surface area contributed by atoms with Gasteiger partial charge in [0.2, 0.25) is 0 Å². The van der Waals surface area contributed by atoms with Crippen molar-refractivity contribution in [3.05, 3.63) is 79.8 Å². The molecule has 10 nitrogen and oxygen atoms in total. The van der Waals surface area contributed by atoms with E-state index in [1.165, 1.54) is 18.3 Å². The van der Waals surface area contributed by atoms with Crippen LogP contribution in [0.5, 0.6) is 0 Å². The SMILES string of the molecule is Cc1ccc(CNC2CCN(CCn3c(=O)cnc4ccc(C(=O)O)cc43)CC2)cc1[N+](=O)[O-]. The minimum atomic E-state index is -1.04. The van der Waals surface area contributed by atoms with Crippen molar-refractivity contribution in [2.75, 3.05) is 19.6 Å². The number of benzene rings is 2. The first-order valence-corrected chi connectivity index (χ1v) is 11.2. The fraction of sp³-hybridized carbons (Fsp3) is 0.375. The number of piperidine rings is 1. The van der Waals surface area contributed by atoms with Crippen LogP contribution in [-0.4, -0.2) is 56.1 Å². The number of carbonyl (C=O) groups is 1. The minimum absolute atomic E-state index is 0.124. The molecule has 2 aromatic carbocycles. The average molecular weight is 466 g/mol. The van der Waals surface area contributed by atoms with Gasteiger partial charge in [0.1, 0.15) is 0 Å². The number of rotatable bonds is 8. The van der Waals surface area contributed by atoms with E-state index in [0.29, 0.717) is 42.3 Å². The second kappa shape index (κ2) is 10.1. The van der Waals surface area contributed by atoms with Gasteiger partial charge in [-0.1, -0.05) is 12.1 Å². The number of aromatic carboxylic acids is 1. The molecule has 10 heteroatoms. The van der Waals surface area contributed by atoms with Crippen molar-refractivity contribution in [1.82, 2.24) is 19.8 Å². The quantitative estimate of drug-likeness (QED) is 0.383. The fourth-order valence-corrected chi connectivity index (χ4v) is 4.35. The highest BCUT2D eigenvalue weighted by Gasteiger charge is 2.20. The van der Waals surface area contributed by atoms with Gasteiger partial charge in [0.15, 0.2) is 0 Å². The van der Waals surface area contributed by atoms with Gasteiger partial charge in [-0.3, -0.25) is 14.9 Å². The number of aryl methyl sites for hydroxylation is 1. The minimum Gasteiger partial charge on any atom is -0.478 e. The summed E-state index contributed by atoms with van der Waals surface area (Å²) in [5.41, 5.74) is 2.67. The topological polar surface area (TPSA) is 131 Å². The highest BCUT2D eigenvalue weighted by molar-refractivity contribution is 5.92. The van der Waals surface area contributed by atoms with E-state index in [9.17, 15) is 24.8 Å². The van der Waals surface area contributed by atoms with Crippen molar-refractivity contribution < 1.29 is 14.8 Å². The molecule has 2 N–H and O–H groups in total. The maximum Gasteiger partial charge on any atom is 0.335 e. The number of carboxylic acid groups (broad SMARTS) is 1. The molecule has 0 unspecified atom stereocenters. The van der Waals surface area contributed by atoms with E-state index < -0.39 is 5.97 Å². The highest BCUT2D eigenvalue weighted by Crippen LogP contribution is 2.20. The van der Waals surface area contributed by atoms with Crippen LogP contribution in [0.1, 0.15) is 34.3 Å². The maximum absolute atomic E-state index is 12.4. The number of hydrogen-bond donors (Lipinski definition) is 2. The Hall–Kier alpha value is -3.63. The lowest BCUT2D eigenvalue weighted by molar-refractivity contribution is -0.385. The maximum atomic E-state index is 12.4. The van der Waals surface area contributed by atoms with Crippen molar-refractivity contribution in [2.45, 2.75) is 38.9 Å².